The number of rotatable bonds is 3. The summed E-state index contributed by atoms with van der Waals surface area (Å²) in [7, 11) is 0. The van der Waals surface area contributed by atoms with Gasteiger partial charge in [-0.15, -0.1) is 0 Å². The highest BCUT2D eigenvalue weighted by Gasteiger charge is 2.19. The topological polar surface area (TPSA) is 63.1 Å². The molecule has 0 saturated heterocycles. The number of hydrogen-bond acceptors (Lipinski definition) is 2. The highest BCUT2D eigenvalue weighted by molar-refractivity contribution is 6.07. The van der Waals surface area contributed by atoms with Crippen molar-refractivity contribution in [2.45, 2.75) is 32.7 Å². The fraction of sp³-hybridized carbons (Fsp3) is 0.273. The van der Waals surface area contributed by atoms with Crippen LogP contribution in [0, 0.1) is 0 Å². The molecule has 138 valence electrons. The average molecular weight is 361 g/mol. The Kier molecular flexibility index (Phi) is 4.44. The summed E-state index contributed by atoms with van der Waals surface area (Å²) in [5.74, 6) is 0.252. The Hall–Kier alpha value is -3.08. The molecule has 2 aromatic carbocycles. The number of hydrogen-bond donors (Lipinski definition) is 2. The van der Waals surface area contributed by atoms with Gasteiger partial charge in [0.1, 0.15) is 5.69 Å². The van der Waals surface area contributed by atoms with Crippen molar-refractivity contribution in [2.75, 3.05) is 11.9 Å². The maximum atomic E-state index is 12.7. The molecule has 1 aliphatic rings. The molecular formula is C22H23N3O2. The van der Waals surface area contributed by atoms with Crippen LogP contribution in [0.1, 0.15) is 52.6 Å². The maximum Gasteiger partial charge on any atom is 0.267 e. The van der Waals surface area contributed by atoms with Crippen LogP contribution < -0.4 is 10.6 Å². The van der Waals surface area contributed by atoms with Gasteiger partial charge in [-0.2, -0.15) is 0 Å². The molecule has 4 rings (SSSR count). The van der Waals surface area contributed by atoms with E-state index in [1.54, 1.807) is 6.07 Å². The summed E-state index contributed by atoms with van der Waals surface area (Å²) in [5.41, 5.74) is 4.18. The first kappa shape index (κ1) is 17.3. The third kappa shape index (κ3) is 3.33. The van der Waals surface area contributed by atoms with E-state index in [0.717, 1.165) is 29.6 Å². The van der Waals surface area contributed by atoms with E-state index in [9.17, 15) is 9.59 Å². The van der Waals surface area contributed by atoms with Gasteiger partial charge in [-0.05, 0) is 48.2 Å². The molecular weight excluding hydrogens is 338 g/mol. The minimum atomic E-state index is -0.150. The third-order valence-electron chi connectivity index (χ3n) is 5.08. The summed E-state index contributed by atoms with van der Waals surface area (Å²) in [4.78, 5) is 24.9. The van der Waals surface area contributed by atoms with Gasteiger partial charge >= 0.3 is 0 Å². The number of carbonyl (C=O) groups excluding carboxylic acids is 2. The van der Waals surface area contributed by atoms with Crippen LogP contribution in [-0.4, -0.2) is 22.9 Å². The molecule has 0 fully saturated rings. The third-order valence-corrected chi connectivity index (χ3v) is 5.08. The molecule has 0 radical (unpaired) electrons. The van der Waals surface area contributed by atoms with Crippen LogP contribution in [0.15, 0.2) is 48.5 Å². The first-order chi connectivity index (χ1) is 13.0. The molecule has 0 aliphatic carbocycles. The first-order valence-electron chi connectivity index (χ1n) is 9.36. The van der Waals surface area contributed by atoms with Crippen LogP contribution in [0.5, 0.6) is 0 Å². The van der Waals surface area contributed by atoms with Crippen molar-refractivity contribution in [1.29, 1.82) is 0 Å². The van der Waals surface area contributed by atoms with Gasteiger partial charge in [-0.3, -0.25) is 9.59 Å². The molecule has 0 unspecified atom stereocenters. The first-order valence-corrected chi connectivity index (χ1v) is 9.36. The van der Waals surface area contributed by atoms with E-state index in [-0.39, 0.29) is 11.8 Å². The Labute approximate surface area is 158 Å². The molecule has 0 spiro atoms. The molecule has 0 atom stereocenters. The lowest BCUT2D eigenvalue weighted by Gasteiger charge is -2.09. The highest BCUT2D eigenvalue weighted by Crippen LogP contribution is 2.24. The van der Waals surface area contributed by atoms with Crippen LogP contribution in [-0.2, 0) is 6.54 Å². The van der Waals surface area contributed by atoms with Crippen molar-refractivity contribution in [3.05, 3.63) is 65.4 Å². The number of benzene rings is 2. The molecule has 0 saturated carbocycles. The summed E-state index contributed by atoms with van der Waals surface area (Å²) in [6.07, 6.45) is 0.876. The SMILES string of the molecule is CC(C)c1ccc(NC(=O)c2ccc3cc4n(c3c2)CCCNC4=O)cc1. The van der Waals surface area contributed by atoms with Gasteiger partial charge in [0.05, 0.1) is 0 Å². The Morgan fingerprint density at radius 3 is 2.63 bits per heavy atom. The minimum absolute atomic E-state index is 0.0556. The Bertz CT molecular complexity index is 1020. The number of amides is 2. The van der Waals surface area contributed by atoms with E-state index in [1.165, 1.54) is 5.56 Å². The zero-order chi connectivity index (χ0) is 19.0. The Morgan fingerprint density at radius 2 is 1.89 bits per heavy atom. The Morgan fingerprint density at radius 1 is 1.11 bits per heavy atom. The zero-order valence-corrected chi connectivity index (χ0v) is 15.6. The summed E-state index contributed by atoms with van der Waals surface area (Å²) in [6, 6.07) is 15.4. The average Bonchev–Trinajstić information content (AvgIpc) is 2.93. The number of nitrogens with one attached hydrogen (secondary N) is 2. The van der Waals surface area contributed by atoms with Crippen LogP contribution in [0.3, 0.4) is 0 Å². The molecule has 5 heteroatoms. The van der Waals surface area contributed by atoms with E-state index in [0.29, 0.717) is 23.7 Å². The number of fused-ring (bicyclic) bond motifs is 3. The van der Waals surface area contributed by atoms with Crippen LogP contribution >= 0.6 is 0 Å². The predicted octanol–water partition coefficient (Wildman–Crippen LogP) is 4.15. The second kappa shape index (κ2) is 6.91. The van der Waals surface area contributed by atoms with Crippen molar-refractivity contribution in [1.82, 2.24) is 9.88 Å². The molecule has 2 N–H and O–H groups in total. The van der Waals surface area contributed by atoms with Crippen molar-refractivity contribution in [3.8, 4) is 0 Å². The van der Waals surface area contributed by atoms with Gasteiger partial charge in [-0.1, -0.05) is 32.0 Å². The number of nitrogens with zero attached hydrogens (tertiary/aromatic N) is 1. The van der Waals surface area contributed by atoms with E-state index in [2.05, 4.69) is 24.5 Å². The lowest BCUT2D eigenvalue weighted by molar-refractivity contribution is 0.0950. The number of aromatic nitrogens is 1. The number of aryl methyl sites for hydroxylation is 1. The largest absolute Gasteiger partial charge is 0.351 e. The van der Waals surface area contributed by atoms with Crippen molar-refractivity contribution >= 4 is 28.4 Å². The molecule has 2 heterocycles. The van der Waals surface area contributed by atoms with Gasteiger partial charge in [0.2, 0.25) is 0 Å². The molecule has 1 aromatic heterocycles. The summed E-state index contributed by atoms with van der Waals surface area (Å²) in [6.45, 7) is 5.72. The highest BCUT2D eigenvalue weighted by atomic mass is 16.2. The van der Waals surface area contributed by atoms with Gasteiger partial charge in [-0.25, -0.2) is 0 Å². The van der Waals surface area contributed by atoms with E-state index in [1.807, 2.05) is 47.0 Å². The normalized spacial score (nSPS) is 14.0. The lowest BCUT2D eigenvalue weighted by Crippen LogP contribution is -2.22. The molecule has 1 aliphatic heterocycles. The minimum Gasteiger partial charge on any atom is -0.351 e. The van der Waals surface area contributed by atoms with Crippen LogP contribution in [0.2, 0.25) is 0 Å². The van der Waals surface area contributed by atoms with Crippen LogP contribution in [0.25, 0.3) is 10.9 Å². The quantitative estimate of drug-likeness (QED) is 0.736. The maximum absolute atomic E-state index is 12.7. The molecule has 27 heavy (non-hydrogen) atoms. The molecule has 5 nitrogen and oxygen atoms in total. The molecule has 2 amide bonds. The van der Waals surface area contributed by atoms with Crippen molar-refractivity contribution in [2.24, 2.45) is 0 Å². The van der Waals surface area contributed by atoms with Crippen molar-refractivity contribution < 1.29 is 9.59 Å². The fourth-order valence-corrected chi connectivity index (χ4v) is 3.51. The number of anilines is 1. The second-order valence-electron chi connectivity index (χ2n) is 7.30. The van der Waals surface area contributed by atoms with E-state index < -0.39 is 0 Å². The van der Waals surface area contributed by atoms with E-state index in [4.69, 9.17) is 0 Å². The van der Waals surface area contributed by atoms with Gasteiger partial charge in [0, 0.05) is 35.2 Å². The number of carbonyl (C=O) groups is 2. The zero-order valence-electron chi connectivity index (χ0n) is 15.6. The molecule has 0 bridgehead atoms. The van der Waals surface area contributed by atoms with Gasteiger partial charge in [0.25, 0.3) is 11.8 Å². The van der Waals surface area contributed by atoms with Crippen molar-refractivity contribution in [3.63, 3.8) is 0 Å². The standard InChI is InChI=1S/C22H23N3O2/c1-14(2)15-6-8-18(9-7-15)24-21(26)17-5-4-16-12-20-22(27)23-10-3-11-25(20)19(16)13-17/h4-9,12-14H,3,10-11H2,1-2H3,(H,23,27)(H,24,26). The summed E-state index contributed by atoms with van der Waals surface area (Å²) in [5, 5.41) is 6.83. The lowest BCUT2D eigenvalue weighted by atomic mass is 10.0. The van der Waals surface area contributed by atoms with Gasteiger partial charge < -0.3 is 15.2 Å². The monoisotopic (exact) mass is 361 g/mol. The van der Waals surface area contributed by atoms with Gasteiger partial charge in [0.15, 0.2) is 0 Å². The van der Waals surface area contributed by atoms with Crippen LogP contribution in [0.4, 0.5) is 5.69 Å². The summed E-state index contributed by atoms with van der Waals surface area (Å²) < 4.78 is 2.01. The fourth-order valence-electron chi connectivity index (χ4n) is 3.51. The summed E-state index contributed by atoms with van der Waals surface area (Å²) >= 11 is 0. The predicted molar refractivity (Wildman–Crippen MR) is 107 cm³/mol. The van der Waals surface area contributed by atoms with E-state index >= 15 is 0 Å². The smallest absolute Gasteiger partial charge is 0.267 e. The second-order valence-corrected chi connectivity index (χ2v) is 7.30. The Balaban J connectivity index is 1.62. The molecule has 3 aromatic rings.